The SMILES string of the molecule is CN(C)c1cccc2c1ccc1c(C(F)(F)F)nc(-c3ccccc3)nc12. The van der Waals surface area contributed by atoms with Gasteiger partial charge in [-0.25, -0.2) is 9.97 Å². The van der Waals surface area contributed by atoms with Gasteiger partial charge in [0.1, 0.15) is 0 Å². The van der Waals surface area contributed by atoms with Gasteiger partial charge in [-0.05, 0) is 12.1 Å². The minimum Gasteiger partial charge on any atom is -0.377 e. The summed E-state index contributed by atoms with van der Waals surface area (Å²) in [6, 6.07) is 17.4. The lowest BCUT2D eigenvalue weighted by atomic mass is 10.0. The molecule has 0 N–H and O–H groups in total. The second-order valence-electron chi connectivity index (χ2n) is 6.49. The molecule has 4 aromatic rings. The molecule has 136 valence electrons. The molecule has 6 heteroatoms. The van der Waals surface area contributed by atoms with Crippen molar-refractivity contribution in [1.29, 1.82) is 0 Å². The minimum atomic E-state index is -4.57. The molecule has 0 fully saturated rings. The number of hydrogen-bond acceptors (Lipinski definition) is 3. The first-order chi connectivity index (χ1) is 12.9. The van der Waals surface area contributed by atoms with Gasteiger partial charge in [-0.3, -0.25) is 0 Å². The molecule has 0 amide bonds. The van der Waals surface area contributed by atoms with Crippen molar-refractivity contribution in [2.24, 2.45) is 0 Å². The first-order valence-corrected chi connectivity index (χ1v) is 8.39. The summed E-state index contributed by atoms with van der Waals surface area (Å²) in [7, 11) is 3.80. The van der Waals surface area contributed by atoms with Crippen LogP contribution in [0, 0.1) is 0 Å². The maximum Gasteiger partial charge on any atom is 0.434 e. The number of benzene rings is 3. The van der Waals surface area contributed by atoms with E-state index < -0.39 is 11.9 Å². The summed E-state index contributed by atoms with van der Waals surface area (Å²) in [5.74, 6) is 0.0678. The van der Waals surface area contributed by atoms with E-state index in [1.165, 1.54) is 6.07 Å². The van der Waals surface area contributed by atoms with Crippen LogP contribution in [0.25, 0.3) is 33.1 Å². The number of hydrogen-bond donors (Lipinski definition) is 0. The van der Waals surface area contributed by atoms with Gasteiger partial charge in [0.15, 0.2) is 11.5 Å². The molecule has 27 heavy (non-hydrogen) atoms. The zero-order valence-electron chi connectivity index (χ0n) is 14.7. The summed E-state index contributed by atoms with van der Waals surface area (Å²) in [6.45, 7) is 0. The maximum absolute atomic E-state index is 13.7. The molecule has 0 bridgehead atoms. The van der Waals surface area contributed by atoms with Gasteiger partial charge in [0.2, 0.25) is 0 Å². The summed E-state index contributed by atoms with van der Waals surface area (Å²) in [5, 5.41) is 1.52. The van der Waals surface area contributed by atoms with E-state index in [2.05, 4.69) is 9.97 Å². The number of nitrogens with zero attached hydrogens (tertiary/aromatic N) is 3. The molecule has 0 atom stereocenters. The lowest BCUT2D eigenvalue weighted by Gasteiger charge is -2.17. The lowest BCUT2D eigenvalue weighted by Crippen LogP contribution is -2.11. The van der Waals surface area contributed by atoms with Crippen molar-refractivity contribution in [1.82, 2.24) is 9.97 Å². The molecule has 0 unspecified atom stereocenters. The summed E-state index contributed by atoms with van der Waals surface area (Å²) in [5.41, 5.74) is 0.856. The summed E-state index contributed by atoms with van der Waals surface area (Å²) in [4.78, 5) is 10.3. The molecule has 4 rings (SSSR count). The van der Waals surface area contributed by atoms with Gasteiger partial charge in [0.25, 0.3) is 0 Å². The lowest BCUT2D eigenvalue weighted by molar-refractivity contribution is -0.139. The highest BCUT2D eigenvalue weighted by Crippen LogP contribution is 2.38. The van der Waals surface area contributed by atoms with E-state index >= 15 is 0 Å². The Morgan fingerprint density at radius 1 is 0.741 bits per heavy atom. The molecule has 0 spiro atoms. The minimum absolute atomic E-state index is 0.00517. The number of rotatable bonds is 2. The van der Waals surface area contributed by atoms with E-state index in [-0.39, 0.29) is 11.2 Å². The van der Waals surface area contributed by atoms with Crippen molar-refractivity contribution in [3.8, 4) is 11.4 Å². The largest absolute Gasteiger partial charge is 0.434 e. The van der Waals surface area contributed by atoms with Crippen molar-refractivity contribution >= 4 is 27.4 Å². The van der Waals surface area contributed by atoms with E-state index in [9.17, 15) is 13.2 Å². The van der Waals surface area contributed by atoms with Crippen LogP contribution in [0.4, 0.5) is 18.9 Å². The van der Waals surface area contributed by atoms with Crippen LogP contribution < -0.4 is 4.90 Å². The first-order valence-electron chi connectivity index (χ1n) is 8.39. The average molecular weight is 367 g/mol. The Hall–Kier alpha value is -3.15. The van der Waals surface area contributed by atoms with Crippen LogP contribution in [0.5, 0.6) is 0 Å². The Kier molecular flexibility index (Phi) is 3.98. The van der Waals surface area contributed by atoms with Gasteiger partial charge in [0.05, 0.1) is 5.52 Å². The van der Waals surface area contributed by atoms with Gasteiger partial charge in [-0.1, -0.05) is 48.5 Å². The Labute approximate surface area is 154 Å². The summed E-state index contributed by atoms with van der Waals surface area (Å²) < 4.78 is 41.2. The zero-order chi connectivity index (χ0) is 19.2. The molecule has 0 aliphatic rings. The molecule has 0 aliphatic heterocycles. The van der Waals surface area contributed by atoms with Crippen LogP contribution in [-0.2, 0) is 6.18 Å². The fraction of sp³-hybridized carbons (Fsp3) is 0.143. The topological polar surface area (TPSA) is 29.0 Å². The Balaban J connectivity index is 2.14. The van der Waals surface area contributed by atoms with Gasteiger partial charge in [-0.15, -0.1) is 0 Å². The van der Waals surface area contributed by atoms with Crippen LogP contribution in [0.1, 0.15) is 5.69 Å². The second-order valence-corrected chi connectivity index (χ2v) is 6.49. The highest BCUT2D eigenvalue weighted by atomic mass is 19.4. The fourth-order valence-corrected chi connectivity index (χ4v) is 3.26. The molecular weight excluding hydrogens is 351 g/mol. The molecular formula is C21H16F3N3. The normalized spacial score (nSPS) is 11.9. The average Bonchev–Trinajstić information content (AvgIpc) is 2.66. The smallest absolute Gasteiger partial charge is 0.377 e. The molecule has 3 nitrogen and oxygen atoms in total. The van der Waals surface area contributed by atoms with Gasteiger partial charge >= 0.3 is 6.18 Å². The molecule has 3 aromatic carbocycles. The predicted octanol–water partition coefficient (Wildman–Crippen LogP) is 5.53. The second kappa shape index (κ2) is 6.23. The fourth-order valence-electron chi connectivity index (χ4n) is 3.26. The van der Waals surface area contributed by atoms with Crippen molar-refractivity contribution in [2.45, 2.75) is 6.18 Å². The van der Waals surface area contributed by atoms with E-state index in [1.54, 1.807) is 42.5 Å². The third-order valence-electron chi connectivity index (χ3n) is 4.48. The van der Waals surface area contributed by atoms with Gasteiger partial charge in [0, 0.05) is 41.5 Å². The highest BCUT2D eigenvalue weighted by Gasteiger charge is 2.36. The van der Waals surface area contributed by atoms with Crippen molar-refractivity contribution in [2.75, 3.05) is 19.0 Å². The Morgan fingerprint density at radius 3 is 2.11 bits per heavy atom. The van der Waals surface area contributed by atoms with Gasteiger partial charge < -0.3 is 4.90 Å². The molecule has 1 aromatic heterocycles. The molecule has 0 radical (unpaired) electrons. The molecule has 1 heterocycles. The number of fused-ring (bicyclic) bond motifs is 3. The Bertz CT molecular complexity index is 1140. The van der Waals surface area contributed by atoms with Crippen LogP contribution in [0.3, 0.4) is 0 Å². The van der Waals surface area contributed by atoms with E-state index in [1.807, 2.05) is 31.1 Å². The summed E-state index contributed by atoms with van der Waals surface area (Å²) >= 11 is 0. The van der Waals surface area contributed by atoms with E-state index in [0.29, 0.717) is 16.5 Å². The van der Waals surface area contributed by atoms with Crippen LogP contribution >= 0.6 is 0 Å². The quantitative estimate of drug-likeness (QED) is 0.436. The van der Waals surface area contributed by atoms with E-state index in [0.717, 1.165) is 11.1 Å². The number of anilines is 1. The molecule has 0 aliphatic carbocycles. The predicted molar refractivity (Wildman–Crippen MR) is 102 cm³/mol. The third-order valence-corrected chi connectivity index (χ3v) is 4.48. The molecule has 0 saturated carbocycles. The maximum atomic E-state index is 13.7. The number of halogens is 3. The highest BCUT2D eigenvalue weighted by molar-refractivity contribution is 6.10. The standard InChI is InChI=1S/C21H16F3N3/c1-27(2)17-10-6-9-15-14(17)11-12-16-18(15)25-20(13-7-4-3-5-8-13)26-19(16)21(22,23)24/h3-12H,1-2H3. The molecule has 0 saturated heterocycles. The number of aromatic nitrogens is 2. The van der Waals surface area contributed by atoms with Crippen LogP contribution in [0.2, 0.25) is 0 Å². The summed E-state index contributed by atoms with van der Waals surface area (Å²) in [6.07, 6.45) is -4.57. The van der Waals surface area contributed by atoms with Crippen molar-refractivity contribution < 1.29 is 13.2 Å². The van der Waals surface area contributed by atoms with Crippen molar-refractivity contribution in [3.63, 3.8) is 0 Å². The van der Waals surface area contributed by atoms with E-state index in [4.69, 9.17) is 0 Å². The third kappa shape index (κ3) is 2.97. The van der Waals surface area contributed by atoms with Crippen LogP contribution in [0.15, 0.2) is 60.7 Å². The monoisotopic (exact) mass is 367 g/mol. The first kappa shape index (κ1) is 17.3. The van der Waals surface area contributed by atoms with Crippen LogP contribution in [-0.4, -0.2) is 24.1 Å². The number of alkyl halides is 3. The zero-order valence-corrected chi connectivity index (χ0v) is 14.7. The Morgan fingerprint density at radius 2 is 1.44 bits per heavy atom. The van der Waals surface area contributed by atoms with Gasteiger partial charge in [-0.2, -0.15) is 13.2 Å². The van der Waals surface area contributed by atoms with Crippen molar-refractivity contribution in [3.05, 3.63) is 66.4 Å².